The van der Waals surface area contributed by atoms with Gasteiger partial charge in [0.1, 0.15) is 4.88 Å². The number of nitrogens with one attached hydrogen (secondary N) is 1. The van der Waals surface area contributed by atoms with Crippen LogP contribution in [0.4, 0.5) is 5.13 Å². The van der Waals surface area contributed by atoms with Crippen molar-refractivity contribution in [3.8, 4) is 0 Å². The maximum absolute atomic E-state index is 11.8. The van der Waals surface area contributed by atoms with E-state index in [0.29, 0.717) is 10.8 Å². The van der Waals surface area contributed by atoms with Crippen LogP contribution in [0.2, 0.25) is 0 Å². The molecule has 0 unspecified atom stereocenters. The zero-order valence-electron chi connectivity index (χ0n) is 9.75. The monoisotopic (exact) mass is 278 g/mol. The molecule has 19 heavy (non-hydrogen) atoms. The molecule has 1 aliphatic rings. The Kier molecular flexibility index (Phi) is 2.83. The number of nitrogens with zero attached hydrogens (tertiary/aromatic N) is 1. The molecule has 2 N–H and O–H groups in total. The van der Waals surface area contributed by atoms with Crippen molar-refractivity contribution in [2.45, 2.75) is 18.8 Å². The van der Waals surface area contributed by atoms with Gasteiger partial charge in [-0.05, 0) is 25.0 Å². The highest BCUT2D eigenvalue weighted by atomic mass is 32.1. The Morgan fingerprint density at radius 3 is 2.84 bits per heavy atom. The van der Waals surface area contributed by atoms with Gasteiger partial charge in [0.2, 0.25) is 0 Å². The molecule has 98 valence electrons. The molecule has 6 nitrogen and oxygen atoms in total. The molecule has 0 bridgehead atoms. The number of anilines is 1. The highest BCUT2D eigenvalue weighted by Gasteiger charge is 2.32. The first-order valence-electron chi connectivity index (χ1n) is 5.74. The molecule has 0 spiro atoms. The summed E-state index contributed by atoms with van der Waals surface area (Å²) in [7, 11) is 0. The van der Waals surface area contributed by atoms with Crippen molar-refractivity contribution in [2.24, 2.45) is 0 Å². The van der Waals surface area contributed by atoms with Crippen LogP contribution >= 0.6 is 11.3 Å². The van der Waals surface area contributed by atoms with Gasteiger partial charge in [-0.3, -0.25) is 10.1 Å². The molecule has 1 fully saturated rings. The van der Waals surface area contributed by atoms with Crippen LogP contribution in [0.15, 0.2) is 22.8 Å². The van der Waals surface area contributed by atoms with E-state index in [0.717, 1.165) is 24.2 Å². The Morgan fingerprint density at radius 2 is 2.26 bits per heavy atom. The number of rotatable bonds is 4. The second-order valence-corrected chi connectivity index (χ2v) is 5.24. The van der Waals surface area contributed by atoms with Gasteiger partial charge in [0, 0.05) is 5.92 Å². The van der Waals surface area contributed by atoms with E-state index in [1.54, 1.807) is 6.07 Å². The number of carboxylic acid groups (broad SMARTS) is 1. The Balaban J connectivity index is 1.83. The second kappa shape index (κ2) is 4.51. The summed E-state index contributed by atoms with van der Waals surface area (Å²) in [5.41, 5.74) is 0.576. The maximum Gasteiger partial charge on any atom is 0.347 e. The number of carboxylic acids is 1. The molecule has 1 saturated carbocycles. The van der Waals surface area contributed by atoms with Crippen LogP contribution in [0.3, 0.4) is 0 Å². The molecule has 0 aromatic carbocycles. The summed E-state index contributed by atoms with van der Waals surface area (Å²) in [6.45, 7) is 0. The molecule has 2 aromatic heterocycles. The van der Waals surface area contributed by atoms with Crippen LogP contribution in [0.5, 0.6) is 0 Å². The summed E-state index contributed by atoms with van der Waals surface area (Å²) in [6, 6.07) is 3.14. The fourth-order valence-electron chi connectivity index (χ4n) is 1.74. The summed E-state index contributed by atoms with van der Waals surface area (Å²) in [5.74, 6) is -1.05. The molecule has 2 heterocycles. The summed E-state index contributed by atoms with van der Waals surface area (Å²) < 4.78 is 4.96. The van der Waals surface area contributed by atoms with Gasteiger partial charge in [0.05, 0.1) is 12.0 Å². The molecular weight excluding hydrogens is 268 g/mol. The Hall–Kier alpha value is -2.15. The molecule has 0 atom stereocenters. The van der Waals surface area contributed by atoms with E-state index >= 15 is 0 Å². The molecule has 7 heteroatoms. The molecule has 1 amide bonds. The van der Waals surface area contributed by atoms with E-state index in [9.17, 15) is 9.59 Å². The van der Waals surface area contributed by atoms with Gasteiger partial charge < -0.3 is 9.52 Å². The fraction of sp³-hybridized carbons (Fsp3) is 0.250. The van der Waals surface area contributed by atoms with Gasteiger partial charge in [-0.25, -0.2) is 9.78 Å². The Bertz CT molecular complexity index is 628. The van der Waals surface area contributed by atoms with E-state index in [2.05, 4.69) is 10.3 Å². The zero-order chi connectivity index (χ0) is 13.4. The van der Waals surface area contributed by atoms with Gasteiger partial charge in [0.15, 0.2) is 10.9 Å². The van der Waals surface area contributed by atoms with Crippen LogP contribution in [0.1, 0.15) is 44.7 Å². The quantitative estimate of drug-likeness (QED) is 0.896. The van der Waals surface area contributed by atoms with E-state index in [4.69, 9.17) is 9.52 Å². The predicted octanol–water partition coefficient (Wildman–Crippen LogP) is 2.56. The number of thiazole rings is 1. The third kappa shape index (κ3) is 2.37. The minimum absolute atomic E-state index is 0.167. The van der Waals surface area contributed by atoms with Crippen LogP contribution in [0, 0.1) is 0 Å². The van der Waals surface area contributed by atoms with Crippen molar-refractivity contribution >= 4 is 28.3 Å². The second-order valence-electron chi connectivity index (χ2n) is 4.24. The lowest BCUT2D eigenvalue weighted by molar-refractivity contribution is 0.0700. The van der Waals surface area contributed by atoms with Crippen molar-refractivity contribution in [1.82, 2.24) is 4.98 Å². The summed E-state index contributed by atoms with van der Waals surface area (Å²) in [6.07, 6.45) is 3.31. The van der Waals surface area contributed by atoms with Crippen LogP contribution in [0.25, 0.3) is 0 Å². The average Bonchev–Trinajstić information content (AvgIpc) is 2.92. The lowest BCUT2D eigenvalue weighted by Crippen LogP contribution is -2.10. The van der Waals surface area contributed by atoms with Gasteiger partial charge in [-0.1, -0.05) is 11.3 Å². The largest absolute Gasteiger partial charge is 0.477 e. The summed E-state index contributed by atoms with van der Waals surface area (Å²) in [4.78, 5) is 27.3. The number of amides is 1. The number of hydrogen-bond acceptors (Lipinski definition) is 5. The highest BCUT2D eigenvalue weighted by molar-refractivity contribution is 7.17. The van der Waals surface area contributed by atoms with Crippen molar-refractivity contribution in [3.63, 3.8) is 0 Å². The van der Waals surface area contributed by atoms with Crippen molar-refractivity contribution < 1.29 is 19.1 Å². The lowest BCUT2D eigenvalue weighted by Gasteiger charge is -1.96. The number of hydrogen-bond donors (Lipinski definition) is 2. The number of furan rings is 1. The van der Waals surface area contributed by atoms with Gasteiger partial charge in [0.25, 0.3) is 5.91 Å². The number of carbonyl (C=O) groups excluding carboxylic acids is 1. The van der Waals surface area contributed by atoms with Gasteiger partial charge in [-0.15, -0.1) is 0 Å². The third-order valence-corrected chi connectivity index (χ3v) is 3.75. The minimum Gasteiger partial charge on any atom is -0.477 e. The third-order valence-electron chi connectivity index (χ3n) is 2.78. The number of aromatic nitrogens is 1. The Labute approximate surface area is 112 Å². The van der Waals surface area contributed by atoms with E-state index < -0.39 is 11.9 Å². The van der Waals surface area contributed by atoms with Crippen molar-refractivity contribution in [2.75, 3.05) is 5.32 Å². The highest BCUT2D eigenvalue weighted by Crippen LogP contribution is 2.43. The standard InChI is InChI=1S/C12H10N2O4S/c15-10(7-2-1-5-18-7)14-12-13-8(6-3-4-6)9(19-12)11(16)17/h1-2,5-6H,3-4H2,(H,16,17)(H,13,14,15). The molecule has 1 aliphatic carbocycles. The molecule has 0 saturated heterocycles. The summed E-state index contributed by atoms with van der Waals surface area (Å²) in [5, 5.41) is 12.0. The molecule has 0 radical (unpaired) electrons. The number of aromatic carboxylic acids is 1. The van der Waals surface area contributed by atoms with E-state index in [1.165, 1.54) is 12.3 Å². The van der Waals surface area contributed by atoms with Crippen LogP contribution in [-0.2, 0) is 0 Å². The topological polar surface area (TPSA) is 92.4 Å². The van der Waals surface area contributed by atoms with Crippen molar-refractivity contribution in [3.05, 3.63) is 34.7 Å². The first-order chi connectivity index (χ1) is 9.15. The van der Waals surface area contributed by atoms with Gasteiger partial charge >= 0.3 is 5.97 Å². The minimum atomic E-state index is -1.00. The van der Waals surface area contributed by atoms with E-state index in [1.807, 2.05) is 0 Å². The molecule has 0 aliphatic heterocycles. The van der Waals surface area contributed by atoms with Crippen LogP contribution < -0.4 is 5.32 Å². The van der Waals surface area contributed by atoms with Crippen LogP contribution in [-0.4, -0.2) is 22.0 Å². The fourth-order valence-corrected chi connectivity index (χ4v) is 2.62. The maximum atomic E-state index is 11.8. The molecular formula is C12H10N2O4S. The number of carbonyl (C=O) groups is 2. The molecule has 3 rings (SSSR count). The summed E-state index contributed by atoms with van der Waals surface area (Å²) >= 11 is 0.977. The van der Waals surface area contributed by atoms with Gasteiger partial charge in [-0.2, -0.15) is 0 Å². The van der Waals surface area contributed by atoms with Crippen molar-refractivity contribution in [1.29, 1.82) is 0 Å². The Morgan fingerprint density at radius 1 is 1.47 bits per heavy atom. The molecule has 2 aromatic rings. The first kappa shape index (κ1) is 11.9. The zero-order valence-corrected chi connectivity index (χ0v) is 10.6. The normalized spacial score (nSPS) is 14.3. The van der Waals surface area contributed by atoms with E-state index in [-0.39, 0.29) is 16.6 Å². The smallest absolute Gasteiger partial charge is 0.347 e. The average molecular weight is 278 g/mol. The predicted molar refractivity (Wildman–Crippen MR) is 67.7 cm³/mol. The first-order valence-corrected chi connectivity index (χ1v) is 6.55. The SMILES string of the molecule is O=C(Nc1nc(C2CC2)c(C(=O)O)s1)c1ccco1. The lowest BCUT2D eigenvalue weighted by atomic mass is 10.2.